The van der Waals surface area contributed by atoms with Crippen LogP contribution in [0.4, 0.5) is 0 Å². The number of nitrogens with one attached hydrogen (secondary N) is 2. The molecule has 168 valence electrons. The summed E-state index contributed by atoms with van der Waals surface area (Å²) in [5.74, 6) is -0.438. The van der Waals surface area contributed by atoms with Crippen molar-refractivity contribution in [1.82, 2.24) is 20.4 Å². The van der Waals surface area contributed by atoms with Crippen molar-refractivity contribution in [2.45, 2.75) is 39.4 Å². The Bertz CT molecular complexity index is 1070. The highest BCUT2D eigenvalue weighted by Crippen LogP contribution is 2.21. The second-order valence-electron chi connectivity index (χ2n) is 8.02. The lowest BCUT2D eigenvalue weighted by Crippen LogP contribution is -2.47. The van der Waals surface area contributed by atoms with Crippen LogP contribution in [0.3, 0.4) is 0 Å². The van der Waals surface area contributed by atoms with E-state index in [4.69, 9.17) is 23.2 Å². The van der Waals surface area contributed by atoms with E-state index in [-0.39, 0.29) is 22.4 Å². The number of hydrogen-bond acceptors (Lipinski definition) is 3. The smallest absolute Gasteiger partial charge is 0.253 e. The van der Waals surface area contributed by atoms with Gasteiger partial charge in [0, 0.05) is 24.0 Å². The fourth-order valence-electron chi connectivity index (χ4n) is 3.34. The van der Waals surface area contributed by atoms with E-state index >= 15 is 0 Å². The molecule has 2 amide bonds. The summed E-state index contributed by atoms with van der Waals surface area (Å²) >= 11 is 12.1. The maximum atomic E-state index is 12.9. The Morgan fingerprint density at radius 3 is 2.53 bits per heavy atom. The summed E-state index contributed by atoms with van der Waals surface area (Å²) in [5.41, 5.74) is 2.34. The van der Waals surface area contributed by atoms with Crippen LogP contribution in [0.15, 0.2) is 60.9 Å². The lowest BCUT2D eigenvalue weighted by atomic mass is 10.0. The quantitative estimate of drug-likeness (QED) is 0.473. The van der Waals surface area contributed by atoms with Crippen molar-refractivity contribution < 1.29 is 9.59 Å². The summed E-state index contributed by atoms with van der Waals surface area (Å²) in [5, 5.41) is 10.7. The molecule has 6 nitrogen and oxygen atoms in total. The minimum atomic E-state index is -0.679. The third kappa shape index (κ3) is 6.84. The number of hydrogen-bond donors (Lipinski definition) is 2. The molecule has 1 atom stereocenters. The monoisotopic (exact) mass is 472 g/mol. The molecule has 8 heteroatoms. The second-order valence-corrected chi connectivity index (χ2v) is 8.86. The summed E-state index contributed by atoms with van der Waals surface area (Å²) in [4.78, 5) is 25.6. The highest BCUT2D eigenvalue weighted by molar-refractivity contribution is 6.36. The van der Waals surface area contributed by atoms with Crippen molar-refractivity contribution in [2.24, 2.45) is 5.92 Å². The first-order valence-electron chi connectivity index (χ1n) is 10.4. The Kier molecular flexibility index (Phi) is 8.31. The van der Waals surface area contributed by atoms with Crippen LogP contribution in [0.25, 0.3) is 0 Å². The van der Waals surface area contributed by atoms with Crippen LogP contribution in [-0.2, 0) is 17.9 Å². The van der Waals surface area contributed by atoms with E-state index in [1.807, 2.05) is 55.1 Å². The number of amides is 2. The molecule has 32 heavy (non-hydrogen) atoms. The number of carbonyl (C=O) groups is 2. The van der Waals surface area contributed by atoms with Crippen LogP contribution in [0.2, 0.25) is 10.0 Å². The Balaban J connectivity index is 1.64. The second kappa shape index (κ2) is 11.2. The van der Waals surface area contributed by atoms with Gasteiger partial charge < -0.3 is 10.6 Å². The molecule has 0 aliphatic heterocycles. The predicted molar refractivity (Wildman–Crippen MR) is 127 cm³/mol. The van der Waals surface area contributed by atoms with E-state index in [9.17, 15) is 9.59 Å². The summed E-state index contributed by atoms with van der Waals surface area (Å²) in [6.45, 7) is 5.02. The molecule has 0 spiro atoms. The minimum Gasteiger partial charge on any atom is -0.350 e. The Morgan fingerprint density at radius 1 is 1.06 bits per heavy atom. The Hall–Kier alpha value is -2.83. The molecule has 0 bridgehead atoms. The van der Waals surface area contributed by atoms with Crippen LogP contribution in [0.5, 0.6) is 0 Å². The SMILES string of the molecule is CC(C)C[C@@H](NC(=O)c1ccc(Cl)cc1Cl)C(=O)NCc1cccc(Cn2cccn2)c1. The standard InChI is InChI=1S/C24H26Cl2N4O2/c1-16(2)11-22(29-23(31)20-8-7-19(25)13-21(20)26)24(32)27-14-17-5-3-6-18(12-17)15-30-10-4-9-28-30/h3-10,12-13,16,22H,11,14-15H2,1-2H3,(H,27,32)(H,29,31)/t22-/m1/s1. The Morgan fingerprint density at radius 2 is 1.84 bits per heavy atom. The summed E-state index contributed by atoms with van der Waals surface area (Å²) in [6, 6.07) is 13.8. The number of benzene rings is 2. The lowest BCUT2D eigenvalue weighted by molar-refractivity contribution is -0.123. The highest BCUT2D eigenvalue weighted by atomic mass is 35.5. The highest BCUT2D eigenvalue weighted by Gasteiger charge is 2.23. The summed E-state index contributed by atoms with van der Waals surface area (Å²) in [7, 11) is 0. The zero-order valence-electron chi connectivity index (χ0n) is 18.0. The number of halogens is 2. The Labute approximate surface area is 197 Å². The van der Waals surface area contributed by atoms with Gasteiger partial charge in [-0.1, -0.05) is 61.3 Å². The first-order chi connectivity index (χ1) is 15.3. The largest absolute Gasteiger partial charge is 0.350 e. The predicted octanol–water partition coefficient (Wildman–Crippen LogP) is 4.70. The zero-order chi connectivity index (χ0) is 23.1. The van der Waals surface area contributed by atoms with Gasteiger partial charge in [-0.05, 0) is 47.7 Å². The molecule has 0 radical (unpaired) electrons. The molecule has 0 aliphatic rings. The van der Waals surface area contributed by atoms with Gasteiger partial charge in [0.25, 0.3) is 5.91 Å². The van der Waals surface area contributed by atoms with E-state index in [1.165, 1.54) is 6.07 Å². The van der Waals surface area contributed by atoms with Crippen LogP contribution in [-0.4, -0.2) is 27.6 Å². The molecule has 0 aliphatic carbocycles. The first-order valence-corrected chi connectivity index (χ1v) is 11.2. The molecule has 1 aromatic heterocycles. The van der Waals surface area contributed by atoms with E-state index in [2.05, 4.69) is 15.7 Å². The third-order valence-corrected chi connectivity index (χ3v) is 5.41. The van der Waals surface area contributed by atoms with Gasteiger partial charge in [-0.2, -0.15) is 5.10 Å². The molecule has 2 N–H and O–H groups in total. The van der Waals surface area contributed by atoms with Gasteiger partial charge in [-0.3, -0.25) is 14.3 Å². The molecule has 0 saturated carbocycles. The van der Waals surface area contributed by atoms with Crippen molar-refractivity contribution in [1.29, 1.82) is 0 Å². The molecule has 3 rings (SSSR count). The van der Waals surface area contributed by atoms with Gasteiger partial charge in [0.15, 0.2) is 0 Å². The summed E-state index contributed by atoms with van der Waals surface area (Å²) in [6.07, 6.45) is 4.15. The fourth-order valence-corrected chi connectivity index (χ4v) is 3.84. The number of carbonyl (C=O) groups excluding carboxylic acids is 2. The van der Waals surface area contributed by atoms with Gasteiger partial charge in [-0.15, -0.1) is 0 Å². The van der Waals surface area contributed by atoms with Crippen molar-refractivity contribution >= 4 is 35.0 Å². The van der Waals surface area contributed by atoms with Crippen molar-refractivity contribution in [3.8, 4) is 0 Å². The number of aromatic nitrogens is 2. The average Bonchev–Trinajstić information content (AvgIpc) is 3.24. The van der Waals surface area contributed by atoms with Gasteiger partial charge in [-0.25, -0.2) is 0 Å². The van der Waals surface area contributed by atoms with Crippen LogP contribution in [0, 0.1) is 5.92 Å². The van der Waals surface area contributed by atoms with Gasteiger partial charge in [0.1, 0.15) is 6.04 Å². The lowest BCUT2D eigenvalue weighted by Gasteiger charge is -2.21. The van der Waals surface area contributed by atoms with Gasteiger partial charge >= 0.3 is 0 Å². The van der Waals surface area contributed by atoms with Gasteiger partial charge in [0.05, 0.1) is 17.1 Å². The molecule has 3 aromatic rings. The molecule has 0 unspecified atom stereocenters. The maximum absolute atomic E-state index is 12.9. The van der Waals surface area contributed by atoms with Crippen molar-refractivity contribution in [3.63, 3.8) is 0 Å². The fraction of sp³-hybridized carbons (Fsp3) is 0.292. The van der Waals surface area contributed by atoms with Crippen LogP contribution < -0.4 is 10.6 Å². The molecule has 2 aromatic carbocycles. The van der Waals surface area contributed by atoms with Gasteiger partial charge in [0.2, 0.25) is 5.91 Å². The molecular weight excluding hydrogens is 447 g/mol. The summed E-state index contributed by atoms with van der Waals surface area (Å²) < 4.78 is 1.84. The van der Waals surface area contributed by atoms with Crippen LogP contribution in [0.1, 0.15) is 41.8 Å². The minimum absolute atomic E-state index is 0.212. The molecular formula is C24H26Cl2N4O2. The van der Waals surface area contributed by atoms with E-state index in [0.717, 1.165) is 11.1 Å². The maximum Gasteiger partial charge on any atom is 0.253 e. The normalized spacial score (nSPS) is 11.9. The van der Waals surface area contributed by atoms with Crippen molar-refractivity contribution in [3.05, 3.63) is 87.7 Å². The van der Waals surface area contributed by atoms with Crippen molar-refractivity contribution in [2.75, 3.05) is 0 Å². The topological polar surface area (TPSA) is 76.0 Å². The third-order valence-electron chi connectivity index (χ3n) is 4.87. The number of nitrogens with zero attached hydrogens (tertiary/aromatic N) is 2. The zero-order valence-corrected chi connectivity index (χ0v) is 19.5. The molecule has 0 fully saturated rings. The van der Waals surface area contributed by atoms with E-state index < -0.39 is 11.9 Å². The van der Waals surface area contributed by atoms with Crippen LogP contribution >= 0.6 is 23.2 Å². The molecule has 1 heterocycles. The average molecular weight is 473 g/mol. The molecule has 0 saturated heterocycles. The number of rotatable bonds is 9. The van der Waals surface area contributed by atoms with E-state index in [1.54, 1.807) is 18.3 Å². The first kappa shape index (κ1) is 23.8. The van der Waals surface area contributed by atoms with E-state index in [0.29, 0.717) is 24.5 Å².